The van der Waals surface area contributed by atoms with Gasteiger partial charge in [-0.15, -0.1) is 0 Å². The van der Waals surface area contributed by atoms with Gasteiger partial charge in [0.15, 0.2) is 0 Å². The molecular weight excluding hydrogens is 345 g/mol. The van der Waals surface area contributed by atoms with Gasteiger partial charge in [0.1, 0.15) is 12.4 Å². The Bertz CT molecular complexity index is 623. The average molecular weight is 370 g/mol. The summed E-state index contributed by atoms with van der Waals surface area (Å²) in [4.78, 5) is 12.2. The summed E-state index contributed by atoms with van der Waals surface area (Å²) in [7, 11) is 0. The third-order valence-electron chi connectivity index (χ3n) is 5.13. The number of hydrogen-bond acceptors (Lipinski definition) is 3. The average Bonchev–Trinajstić information content (AvgIpc) is 2.91. The molecule has 26 heavy (non-hydrogen) atoms. The highest BCUT2D eigenvalue weighted by atomic mass is 19.4. The van der Waals surface area contributed by atoms with Gasteiger partial charge in [0.25, 0.3) is 0 Å². The number of hydrogen-bond donors (Lipinski definition) is 2. The number of ether oxygens (including phenoxy) is 1. The zero-order chi connectivity index (χ0) is 18.7. The van der Waals surface area contributed by atoms with E-state index in [1.54, 1.807) is 6.92 Å². The van der Waals surface area contributed by atoms with E-state index in [9.17, 15) is 18.0 Å². The summed E-state index contributed by atoms with van der Waals surface area (Å²) in [6.07, 6.45) is 0.425. The number of amides is 1. The fraction of sp³-hybridized carbons (Fsp3) is 0.632. The minimum atomic E-state index is -4.46. The molecule has 0 spiro atoms. The molecule has 0 aromatic heterocycles. The molecule has 2 aliphatic rings. The van der Waals surface area contributed by atoms with Crippen LogP contribution in [0.2, 0.25) is 0 Å². The van der Waals surface area contributed by atoms with Gasteiger partial charge in [-0.2, -0.15) is 13.2 Å². The second kappa shape index (κ2) is 7.86. The van der Waals surface area contributed by atoms with E-state index in [4.69, 9.17) is 4.74 Å². The predicted octanol–water partition coefficient (Wildman–Crippen LogP) is 3.51. The van der Waals surface area contributed by atoms with Crippen molar-refractivity contribution in [2.75, 3.05) is 6.61 Å². The van der Waals surface area contributed by atoms with Gasteiger partial charge >= 0.3 is 6.18 Å². The molecule has 1 aromatic carbocycles. The van der Waals surface area contributed by atoms with Gasteiger partial charge in [0.05, 0.1) is 11.6 Å². The normalized spacial score (nSPS) is 26.4. The van der Waals surface area contributed by atoms with E-state index in [2.05, 4.69) is 10.6 Å². The third kappa shape index (κ3) is 4.90. The first-order valence-electron chi connectivity index (χ1n) is 9.15. The molecule has 7 heteroatoms. The molecule has 2 heterocycles. The van der Waals surface area contributed by atoms with Crippen LogP contribution in [-0.2, 0) is 11.0 Å². The van der Waals surface area contributed by atoms with Crippen molar-refractivity contribution in [3.8, 4) is 5.75 Å². The molecule has 144 valence electrons. The number of carbonyl (C=O) groups is 1. The zero-order valence-corrected chi connectivity index (χ0v) is 14.8. The maximum Gasteiger partial charge on any atom is 0.419 e. The largest absolute Gasteiger partial charge is 0.491 e. The summed E-state index contributed by atoms with van der Waals surface area (Å²) in [5, 5.41) is 6.39. The summed E-state index contributed by atoms with van der Waals surface area (Å²) in [6, 6.07) is 5.82. The smallest absolute Gasteiger partial charge is 0.419 e. The fourth-order valence-electron chi connectivity index (χ4n) is 4.02. The highest BCUT2D eigenvalue weighted by molar-refractivity contribution is 5.76. The number of nitrogens with one attached hydrogen (secondary N) is 2. The Kier molecular flexibility index (Phi) is 5.75. The molecule has 1 aromatic rings. The Labute approximate surface area is 151 Å². The number of para-hydroxylation sites is 1. The van der Waals surface area contributed by atoms with Crippen LogP contribution in [0.3, 0.4) is 0 Å². The molecule has 2 fully saturated rings. The van der Waals surface area contributed by atoms with Crippen LogP contribution in [0.5, 0.6) is 5.75 Å². The van der Waals surface area contributed by atoms with Gasteiger partial charge in [-0.3, -0.25) is 4.79 Å². The monoisotopic (exact) mass is 370 g/mol. The van der Waals surface area contributed by atoms with Crippen LogP contribution >= 0.6 is 0 Å². The number of halogens is 3. The highest BCUT2D eigenvalue weighted by Crippen LogP contribution is 2.36. The molecule has 4 nitrogen and oxygen atoms in total. The van der Waals surface area contributed by atoms with Crippen LogP contribution in [0.25, 0.3) is 0 Å². The van der Waals surface area contributed by atoms with Crippen molar-refractivity contribution in [1.29, 1.82) is 0 Å². The maximum atomic E-state index is 13.0. The van der Waals surface area contributed by atoms with E-state index in [-0.39, 0.29) is 24.3 Å². The summed E-state index contributed by atoms with van der Waals surface area (Å²) in [5.41, 5.74) is -0.802. The molecule has 3 atom stereocenters. The first-order chi connectivity index (χ1) is 12.3. The molecule has 0 radical (unpaired) electrons. The minimum absolute atomic E-state index is 0.00367. The predicted molar refractivity (Wildman–Crippen MR) is 91.8 cm³/mol. The van der Waals surface area contributed by atoms with E-state index < -0.39 is 11.7 Å². The molecule has 0 aliphatic carbocycles. The van der Waals surface area contributed by atoms with E-state index in [1.807, 2.05) is 0 Å². The van der Waals surface area contributed by atoms with Crippen molar-refractivity contribution in [3.05, 3.63) is 29.8 Å². The van der Waals surface area contributed by atoms with Gasteiger partial charge < -0.3 is 15.4 Å². The zero-order valence-electron chi connectivity index (χ0n) is 14.8. The van der Waals surface area contributed by atoms with E-state index >= 15 is 0 Å². The second-order valence-corrected chi connectivity index (χ2v) is 7.45. The van der Waals surface area contributed by atoms with Gasteiger partial charge in [0.2, 0.25) is 5.91 Å². The van der Waals surface area contributed by atoms with Crippen LogP contribution in [0.15, 0.2) is 24.3 Å². The summed E-state index contributed by atoms with van der Waals surface area (Å²) in [5.74, 6) is 0.111. The molecule has 1 amide bonds. The van der Waals surface area contributed by atoms with Gasteiger partial charge in [-0.1, -0.05) is 12.1 Å². The lowest BCUT2D eigenvalue weighted by molar-refractivity contribution is -0.139. The molecular formula is C19H25F3N2O2. The first kappa shape index (κ1) is 19.0. The molecule has 2 saturated heterocycles. The summed E-state index contributed by atoms with van der Waals surface area (Å²) in [6.45, 7) is 1.73. The minimum Gasteiger partial charge on any atom is -0.491 e. The lowest BCUT2D eigenvalue weighted by Gasteiger charge is -2.29. The van der Waals surface area contributed by atoms with Gasteiger partial charge in [-0.25, -0.2) is 0 Å². The quantitative estimate of drug-likeness (QED) is 0.806. The number of alkyl halides is 3. The molecule has 3 unspecified atom stereocenters. The van der Waals surface area contributed by atoms with Crippen molar-refractivity contribution in [1.82, 2.24) is 10.6 Å². The Morgan fingerprint density at radius 3 is 2.58 bits per heavy atom. The van der Waals surface area contributed by atoms with Gasteiger partial charge in [-0.05, 0) is 50.7 Å². The topological polar surface area (TPSA) is 50.4 Å². The van der Waals surface area contributed by atoms with Crippen LogP contribution in [0.1, 0.15) is 44.6 Å². The number of benzene rings is 1. The number of carbonyl (C=O) groups excluding carboxylic acids is 1. The molecule has 0 saturated carbocycles. The second-order valence-electron chi connectivity index (χ2n) is 7.45. The van der Waals surface area contributed by atoms with Crippen molar-refractivity contribution in [2.45, 2.75) is 63.3 Å². The lowest BCUT2D eigenvalue weighted by Crippen LogP contribution is -2.42. The lowest BCUT2D eigenvalue weighted by atomic mass is 9.89. The Morgan fingerprint density at radius 2 is 1.92 bits per heavy atom. The molecule has 2 bridgehead atoms. The molecule has 3 rings (SSSR count). The Hall–Kier alpha value is -1.76. The van der Waals surface area contributed by atoms with Crippen LogP contribution in [-0.4, -0.2) is 30.6 Å². The van der Waals surface area contributed by atoms with E-state index in [0.717, 1.165) is 18.9 Å². The Morgan fingerprint density at radius 1 is 1.27 bits per heavy atom. The first-order valence-corrected chi connectivity index (χ1v) is 9.15. The van der Waals surface area contributed by atoms with Crippen molar-refractivity contribution in [2.24, 2.45) is 5.92 Å². The van der Waals surface area contributed by atoms with Crippen molar-refractivity contribution >= 4 is 5.91 Å². The Balaban J connectivity index is 1.46. The fourth-order valence-corrected chi connectivity index (χ4v) is 4.02. The van der Waals surface area contributed by atoms with Crippen LogP contribution in [0, 0.1) is 5.92 Å². The third-order valence-corrected chi connectivity index (χ3v) is 5.13. The number of fused-ring (bicyclic) bond motifs is 2. The molecule has 2 N–H and O–H groups in total. The van der Waals surface area contributed by atoms with Crippen molar-refractivity contribution in [3.63, 3.8) is 0 Å². The summed E-state index contributed by atoms with van der Waals surface area (Å²) >= 11 is 0. The SMILES string of the molecule is CC(COc1ccccc1C(F)(F)F)NC(=O)CC1CC2CCC(C1)N2. The highest BCUT2D eigenvalue weighted by Gasteiger charge is 2.35. The van der Waals surface area contributed by atoms with Crippen molar-refractivity contribution < 1.29 is 22.7 Å². The van der Waals surface area contributed by atoms with E-state index in [1.165, 1.54) is 31.0 Å². The van der Waals surface area contributed by atoms with Crippen LogP contribution in [0.4, 0.5) is 13.2 Å². The van der Waals surface area contributed by atoms with Crippen LogP contribution < -0.4 is 15.4 Å². The number of rotatable bonds is 6. The molecule has 2 aliphatic heterocycles. The van der Waals surface area contributed by atoms with E-state index in [0.29, 0.717) is 24.4 Å². The number of piperidine rings is 1. The van der Waals surface area contributed by atoms with Gasteiger partial charge in [0, 0.05) is 18.5 Å². The maximum absolute atomic E-state index is 13.0. The summed E-state index contributed by atoms with van der Waals surface area (Å²) < 4.78 is 44.2. The standard InChI is InChI=1S/C19H25F3N2O2/c1-12(11-26-17-5-3-2-4-16(17)19(20,21)22)23-18(25)10-13-8-14-6-7-15(9-13)24-14/h2-5,12-15,24H,6-11H2,1H3,(H,23,25).